The molecule has 0 spiro atoms. The lowest BCUT2D eigenvalue weighted by molar-refractivity contribution is 0.570. The van der Waals surface area contributed by atoms with Crippen molar-refractivity contribution in [3.8, 4) is 0 Å². The molecule has 25 heavy (non-hydrogen) atoms. The van der Waals surface area contributed by atoms with Crippen molar-refractivity contribution in [2.24, 2.45) is 4.99 Å². The van der Waals surface area contributed by atoms with E-state index in [-0.39, 0.29) is 24.0 Å². The van der Waals surface area contributed by atoms with Crippen molar-refractivity contribution in [1.29, 1.82) is 0 Å². The zero-order chi connectivity index (χ0) is 17.4. The molecule has 0 atom stereocenters. The van der Waals surface area contributed by atoms with Gasteiger partial charge in [0.05, 0.1) is 5.01 Å². The Hall–Kier alpha value is -1.29. The summed E-state index contributed by atoms with van der Waals surface area (Å²) in [7, 11) is 0. The quantitative estimate of drug-likeness (QED) is 0.361. The Bertz CT molecular complexity index is 691. The van der Waals surface area contributed by atoms with Gasteiger partial charge in [0.15, 0.2) is 5.96 Å². The molecule has 0 bridgehead atoms. The summed E-state index contributed by atoms with van der Waals surface area (Å²) in [5.74, 6) is -0.386. The van der Waals surface area contributed by atoms with Gasteiger partial charge in [-0.2, -0.15) is 0 Å². The van der Waals surface area contributed by atoms with E-state index in [2.05, 4.69) is 20.6 Å². The predicted molar refractivity (Wildman–Crippen MR) is 110 cm³/mol. The number of thiazole rings is 1. The topological polar surface area (TPSA) is 49.3 Å². The van der Waals surface area contributed by atoms with Crippen LogP contribution in [0.1, 0.15) is 22.4 Å². The van der Waals surface area contributed by atoms with Gasteiger partial charge < -0.3 is 10.6 Å². The SMILES string of the molecule is CCNC(=NCCc1ncc(C)s1)NCCc1ccc(F)cc1F.I. The molecule has 138 valence electrons. The first-order chi connectivity index (χ1) is 11.6. The number of hydrogen-bond donors (Lipinski definition) is 2. The molecule has 0 aliphatic rings. The molecule has 8 heteroatoms. The second-order valence-electron chi connectivity index (χ2n) is 5.29. The number of guanidine groups is 1. The van der Waals surface area contributed by atoms with Crippen molar-refractivity contribution in [3.63, 3.8) is 0 Å². The van der Waals surface area contributed by atoms with Crippen LogP contribution in [0.2, 0.25) is 0 Å². The number of halogens is 3. The summed E-state index contributed by atoms with van der Waals surface area (Å²) in [6.45, 7) is 5.91. The molecule has 0 radical (unpaired) electrons. The summed E-state index contributed by atoms with van der Waals surface area (Å²) >= 11 is 1.68. The minimum absolute atomic E-state index is 0. The van der Waals surface area contributed by atoms with Crippen molar-refractivity contribution in [1.82, 2.24) is 15.6 Å². The first-order valence-corrected chi connectivity index (χ1v) is 8.77. The molecule has 2 aromatic rings. The summed E-state index contributed by atoms with van der Waals surface area (Å²) in [6.07, 6.45) is 3.12. The van der Waals surface area contributed by atoms with Gasteiger partial charge in [-0.05, 0) is 31.9 Å². The number of hydrogen-bond acceptors (Lipinski definition) is 3. The highest BCUT2D eigenvalue weighted by atomic mass is 127. The number of rotatable bonds is 7. The van der Waals surface area contributed by atoms with E-state index in [1.165, 1.54) is 17.0 Å². The normalized spacial score (nSPS) is 11.1. The van der Waals surface area contributed by atoms with Crippen molar-refractivity contribution in [2.75, 3.05) is 19.6 Å². The van der Waals surface area contributed by atoms with E-state index in [4.69, 9.17) is 0 Å². The van der Waals surface area contributed by atoms with Crippen LogP contribution >= 0.6 is 35.3 Å². The standard InChI is InChI=1S/C17H22F2N4S.HI/c1-3-20-17(22-9-7-16-23-11-12(2)24-16)21-8-6-13-4-5-14(18)10-15(13)19;/h4-5,10-11H,3,6-9H2,1-2H3,(H2,20,21,22);1H. The molecule has 1 aromatic carbocycles. The average Bonchev–Trinajstić information content (AvgIpc) is 2.95. The van der Waals surface area contributed by atoms with Crippen LogP contribution in [-0.4, -0.2) is 30.6 Å². The van der Waals surface area contributed by atoms with Crippen LogP contribution in [0.4, 0.5) is 8.78 Å². The fourth-order valence-corrected chi connectivity index (χ4v) is 2.94. The van der Waals surface area contributed by atoms with Crippen molar-refractivity contribution in [3.05, 3.63) is 51.5 Å². The Morgan fingerprint density at radius 1 is 1.24 bits per heavy atom. The van der Waals surface area contributed by atoms with E-state index in [1.54, 1.807) is 11.3 Å². The van der Waals surface area contributed by atoms with E-state index in [0.717, 1.165) is 24.0 Å². The minimum Gasteiger partial charge on any atom is -0.357 e. The maximum Gasteiger partial charge on any atom is 0.191 e. The molecule has 0 saturated heterocycles. The highest BCUT2D eigenvalue weighted by Gasteiger charge is 2.04. The van der Waals surface area contributed by atoms with Crippen LogP contribution in [0, 0.1) is 18.6 Å². The lowest BCUT2D eigenvalue weighted by atomic mass is 10.1. The Morgan fingerprint density at radius 2 is 2.04 bits per heavy atom. The number of nitrogens with one attached hydrogen (secondary N) is 2. The molecule has 0 aliphatic heterocycles. The molecular weight excluding hydrogens is 457 g/mol. The summed E-state index contributed by atoms with van der Waals surface area (Å²) in [6, 6.07) is 3.65. The van der Waals surface area contributed by atoms with Gasteiger partial charge in [-0.3, -0.25) is 4.99 Å². The lowest BCUT2D eigenvalue weighted by Gasteiger charge is -2.11. The Kier molecular flexibility index (Phi) is 9.88. The molecule has 0 fully saturated rings. The number of aromatic nitrogens is 1. The number of nitrogens with zero attached hydrogens (tertiary/aromatic N) is 2. The van der Waals surface area contributed by atoms with E-state index in [9.17, 15) is 8.78 Å². The largest absolute Gasteiger partial charge is 0.357 e. The Balaban J connectivity index is 0.00000312. The van der Waals surface area contributed by atoms with Crippen molar-refractivity contribution >= 4 is 41.3 Å². The van der Waals surface area contributed by atoms with Gasteiger partial charge in [-0.25, -0.2) is 13.8 Å². The highest BCUT2D eigenvalue weighted by molar-refractivity contribution is 14.0. The number of benzene rings is 1. The van der Waals surface area contributed by atoms with Crippen LogP contribution in [0.5, 0.6) is 0 Å². The second-order valence-corrected chi connectivity index (χ2v) is 6.61. The molecule has 2 rings (SSSR count). The first-order valence-electron chi connectivity index (χ1n) is 7.96. The van der Waals surface area contributed by atoms with Gasteiger partial charge in [-0.1, -0.05) is 6.07 Å². The van der Waals surface area contributed by atoms with Crippen LogP contribution in [0.15, 0.2) is 29.4 Å². The van der Waals surface area contributed by atoms with Gasteiger partial charge in [0, 0.05) is 43.2 Å². The van der Waals surface area contributed by atoms with Gasteiger partial charge in [0.1, 0.15) is 11.6 Å². The Morgan fingerprint density at radius 3 is 2.68 bits per heavy atom. The van der Waals surface area contributed by atoms with E-state index < -0.39 is 11.6 Å². The molecule has 0 amide bonds. The molecule has 0 aliphatic carbocycles. The van der Waals surface area contributed by atoms with Gasteiger partial charge in [0.25, 0.3) is 0 Å². The van der Waals surface area contributed by atoms with Crippen molar-refractivity contribution in [2.45, 2.75) is 26.7 Å². The zero-order valence-corrected chi connectivity index (χ0v) is 17.5. The Labute approximate surface area is 168 Å². The van der Waals surface area contributed by atoms with E-state index >= 15 is 0 Å². The predicted octanol–water partition coefficient (Wildman–Crippen LogP) is 3.69. The number of aryl methyl sites for hydroxylation is 1. The molecule has 2 N–H and O–H groups in total. The monoisotopic (exact) mass is 480 g/mol. The minimum atomic E-state index is -0.559. The molecule has 0 saturated carbocycles. The summed E-state index contributed by atoms with van der Waals surface area (Å²) in [5.41, 5.74) is 0.484. The lowest BCUT2D eigenvalue weighted by Crippen LogP contribution is -2.38. The van der Waals surface area contributed by atoms with Crippen LogP contribution in [0.25, 0.3) is 0 Å². The molecule has 4 nitrogen and oxygen atoms in total. The summed E-state index contributed by atoms with van der Waals surface area (Å²) in [5, 5.41) is 7.39. The third kappa shape index (κ3) is 7.64. The van der Waals surface area contributed by atoms with Gasteiger partial charge >= 0.3 is 0 Å². The maximum absolute atomic E-state index is 13.6. The second kappa shape index (κ2) is 11.3. The fourth-order valence-electron chi connectivity index (χ4n) is 2.16. The van der Waals surface area contributed by atoms with Crippen LogP contribution in [-0.2, 0) is 12.8 Å². The van der Waals surface area contributed by atoms with Crippen LogP contribution in [0.3, 0.4) is 0 Å². The van der Waals surface area contributed by atoms with Crippen LogP contribution < -0.4 is 10.6 Å². The molecule has 1 heterocycles. The van der Waals surface area contributed by atoms with Gasteiger partial charge in [-0.15, -0.1) is 35.3 Å². The van der Waals surface area contributed by atoms with Gasteiger partial charge in [0.2, 0.25) is 0 Å². The van der Waals surface area contributed by atoms with E-state index in [1.807, 2.05) is 20.0 Å². The molecular formula is C17H23F2IN4S. The molecule has 0 unspecified atom stereocenters. The third-order valence-electron chi connectivity index (χ3n) is 3.31. The third-order valence-corrected chi connectivity index (χ3v) is 4.28. The van der Waals surface area contributed by atoms with E-state index in [0.29, 0.717) is 31.0 Å². The smallest absolute Gasteiger partial charge is 0.191 e. The number of aliphatic imine (C=N–C) groups is 1. The average molecular weight is 480 g/mol. The van der Waals surface area contributed by atoms with Crippen molar-refractivity contribution < 1.29 is 8.78 Å². The highest BCUT2D eigenvalue weighted by Crippen LogP contribution is 2.11. The summed E-state index contributed by atoms with van der Waals surface area (Å²) in [4.78, 5) is 10.0. The summed E-state index contributed by atoms with van der Waals surface area (Å²) < 4.78 is 26.5. The zero-order valence-electron chi connectivity index (χ0n) is 14.3. The maximum atomic E-state index is 13.6. The fraction of sp³-hybridized carbons (Fsp3) is 0.412. The first kappa shape index (κ1) is 21.8. The molecule has 1 aromatic heterocycles.